The van der Waals surface area contributed by atoms with Gasteiger partial charge in [0.05, 0.1) is 0 Å². The molecule has 1 aromatic rings. The third-order valence-electron chi connectivity index (χ3n) is 2.55. The van der Waals surface area contributed by atoms with Crippen molar-refractivity contribution in [1.29, 1.82) is 0 Å². The van der Waals surface area contributed by atoms with E-state index >= 15 is 0 Å². The quantitative estimate of drug-likeness (QED) is 0.913. The number of hydrogen-bond acceptors (Lipinski definition) is 3. The second-order valence-electron chi connectivity index (χ2n) is 5.89. The largest absolute Gasteiger partial charge is 0.443 e. The second kappa shape index (κ2) is 6.06. The maximum atomic E-state index is 11.9. The van der Waals surface area contributed by atoms with Crippen molar-refractivity contribution >= 4 is 11.8 Å². The number of carbonyl (C=O) groups excluding carboxylic acids is 1. The molecule has 1 rings (SSSR count). The molecule has 0 aliphatic carbocycles. The first-order valence-electron chi connectivity index (χ1n) is 6.50. The zero-order valence-corrected chi connectivity index (χ0v) is 12.4. The summed E-state index contributed by atoms with van der Waals surface area (Å²) in [4.78, 5) is 13.4. The smallest absolute Gasteiger partial charge is 0.414 e. The fraction of sp³-hybridized carbons (Fsp3) is 0.533. The van der Waals surface area contributed by atoms with Crippen LogP contribution in [0.15, 0.2) is 24.3 Å². The fourth-order valence-corrected chi connectivity index (χ4v) is 1.66. The van der Waals surface area contributed by atoms with Crippen molar-refractivity contribution in [3.05, 3.63) is 29.8 Å². The van der Waals surface area contributed by atoms with Crippen molar-refractivity contribution in [2.75, 3.05) is 11.9 Å². The van der Waals surface area contributed by atoms with Gasteiger partial charge in [-0.1, -0.05) is 12.1 Å². The third kappa shape index (κ3) is 5.30. The Bertz CT molecular complexity index is 419. The summed E-state index contributed by atoms with van der Waals surface area (Å²) in [6.07, 6.45) is 0.476. The summed E-state index contributed by atoms with van der Waals surface area (Å²) in [5.74, 6) is 0. The SMILES string of the molecule is CC(N)Cc1ccc(N(C)C(=O)OC(C)(C)C)cc1. The Balaban J connectivity index is 2.72. The molecule has 0 spiro atoms. The van der Waals surface area contributed by atoms with Gasteiger partial charge in [0.15, 0.2) is 0 Å². The topological polar surface area (TPSA) is 55.6 Å². The molecule has 0 radical (unpaired) electrons. The normalized spacial score (nSPS) is 12.9. The third-order valence-corrected chi connectivity index (χ3v) is 2.55. The van der Waals surface area contributed by atoms with E-state index in [1.165, 1.54) is 4.90 Å². The van der Waals surface area contributed by atoms with Crippen molar-refractivity contribution < 1.29 is 9.53 Å². The lowest BCUT2D eigenvalue weighted by Crippen LogP contribution is -2.34. The van der Waals surface area contributed by atoms with Crippen LogP contribution in [-0.2, 0) is 11.2 Å². The van der Waals surface area contributed by atoms with Crippen molar-refractivity contribution in [3.63, 3.8) is 0 Å². The number of amides is 1. The number of hydrogen-bond donors (Lipinski definition) is 1. The first kappa shape index (κ1) is 15.5. The highest BCUT2D eigenvalue weighted by atomic mass is 16.6. The molecule has 4 heteroatoms. The Morgan fingerprint density at radius 1 is 1.32 bits per heavy atom. The number of rotatable bonds is 3. The van der Waals surface area contributed by atoms with Gasteiger partial charge >= 0.3 is 6.09 Å². The van der Waals surface area contributed by atoms with Crippen molar-refractivity contribution in [2.24, 2.45) is 5.73 Å². The van der Waals surface area contributed by atoms with Crippen LogP contribution in [-0.4, -0.2) is 24.8 Å². The Labute approximate surface area is 115 Å². The fourth-order valence-electron chi connectivity index (χ4n) is 1.66. The summed E-state index contributed by atoms with van der Waals surface area (Å²) in [5, 5.41) is 0. The van der Waals surface area contributed by atoms with Gasteiger partial charge in [-0.2, -0.15) is 0 Å². The summed E-state index contributed by atoms with van der Waals surface area (Å²) in [5.41, 5.74) is 7.24. The lowest BCUT2D eigenvalue weighted by Gasteiger charge is -2.24. The zero-order chi connectivity index (χ0) is 14.6. The van der Waals surface area contributed by atoms with Crippen LogP contribution >= 0.6 is 0 Å². The molecule has 0 heterocycles. The van der Waals surface area contributed by atoms with Gasteiger partial charge in [-0.25, -0.2) is 4.79 Å². The lowest BCUT2D eigenvalue weighted by molar-refractivity contribution is 0.0589. The maximum absolute atomic E-state index is 11.9. The molecule has 1 atom stereocenters. The highest BCUT2D eigenvalue weighted by Crippen LogP contribution is 2.18. The Hall–Kier alpha value is -1.55. The Morgan fingerprint density at radius 2 is 1.84 bits per heavy atom. The zero-order valence-electron chi connectivity index (χ0n) is 12.4. The van der Waals surface area contributed by atoms with Crippen LogP contribution in [0.1, 0.15) is 33.3 Å². The van der Waals surface area contributed by atoms with Crippen LogP contribution in [0.3, 0.4) is 0 Å². The summed E-state index contributed by atoms with van der Waals surface area (Å²) >= 11 is 0. The molecule has 1 unspecified atom stereocenters. The molecule has 106 valence electrons. The number of ether oxygens (including phenoxy) is 1. The molecule has 0 aliphatic heterocycles. The van der Waals surface area contributed by atoms with Gasteiger partial charge in [0.25, 0.3) is 0 Å². The average molecular weight is 264 g/mol. The van der Waals surface area contributed by atoms with E-state index in [-0.39, 0.29) is 12.1 Å². The maximum Gasteiger partial charge on any atom is 0.414 e. The summed E-state index contributed by atoms with van der Waals surface area (Å²) in [7, 11) is 1.70. The highest BCUT2D eigenvalue weighted by molar-refractivity contribution is 5.87. The molecule has 2 N–H and O–H groups in total. The average Bonchev–Trinajstić information content (AvgIpc) is 2.26. The number of anilines is 1. The summed E-state index contributed by atoms with van der Waals surface area (Å²) in [6.45, 7) is 7.53. The molecular formula is C15H24N2O2. The second-order valence-corrected chi connectivity index (χ2v) is 5.89. The van der Waals surface area contributed by atoms with Crippen LogP contribution in [0.5, 0.6) is 0 Å². The minimum absolute atomic E-state index is 0.134. The molecule has 0 saturated heterocycles. The van der Waals surface area contributed by atoms with E-state index < -0.39 is 5.60 Å². The van der Waals surface area contributed by atoms with Gasteiger partial charge in [-0.05, 0) is 51.8 Å². The van der Waals surface area contributed by atoms with Gasteiger partial charge in [0.1, 0.15) is 5.60 Å². The van der Waals surface area contributed by atoms with E-state index in [1.807, 2.05) is 52.0 Å². The standard InChI is InChI=1S/C15H24N2O2/c1-11(16)10-12-6-8-13(9-7-12)17(5)14(18)19-15(2,3)4/h6-9,11H,10,16H2,1-5H3. The van der Waals surface area contributed by atoms with Crippen LogP contribution in [0, 0.1) is 0 Å². The predicted molar refractivity (Wildman–Crippen MR) is 78.4 cm³/mol. The van der Waals surface area contributed by atoms with Gasteiger partial charge in [0, 0.05) is 18.8 Å². The number of nitrogens with zero attached hydrogens (tertiary/aromatic N) is 1. The van der Waals surface area contributed by atoms with Crippen LogP contribution in [0.25, 0.3) is 0 Å². The molecule has 19 heavy (non-hydrogen) atoms. The molecule has 4 nitrogen and oxygen atoms in total. The van der Waals surface area contributed by atoms with E-state index in [2.05, 4.69) is 0 Å². The molecule has 0 aliphatic rings. The Morgan fingerprint density at radius 3 is 2.26 bits per heavy atom. The summed E-state index contributed by atoms with van der Waals surface area (Å²) in [6, 6.07) is 7.91. The lowest BCUT2D eigenvalue weighted by atomic mass is 10.1. The minimum Gasteiger partial charge on any atom is -0.443 e. The Kier molecular flexibility index (Phi) is 4.95. The van der Waals surface area contributed by atoms with Crippen LogP contribution in [0.2, 0.25) is 0 Å². The van der Waals surface area contributed by atoms with Crippen molar-refractivity contribution in [3.8, 4) is 0 Å². The van der Waals surface area contributed by atoms with E-state index in [0.717, 1.165) is 17.7 Å². The van der Waals surface area contributed by atoms with Gasteiger partial charge in [-0.3, -0.25) is 4.90 Å². The molecule has 1 aromatic carbocycles. The van der Waals surface area contributed by atoms with Gasteiger partial charge in [-0.15, -0.1) is 0 Å². The molecular weight excluding hydrogens is 240 g/mol. The number of benzene rings is 1. The first-order valence-corrected chi connectivity index (χ1v) is 6.50. The molecule has 0 bridgehead atoms. The van der Waals surface area contributed by atoms with Crippen molar-refractivity contribution in [2.45, 2.75) is 45.8 Å². The van der Waals surface area contributed by atoms with Gasteiger partial charge in [0.2, 0.25) is 0 Å². The first-order chi connectivity index (χ1) is 8.69. The van der Waals surface area contributed by atoms with Crippen LogP contribution < -0.4 is 10.6 Å². The molecule has 0 aromatic heterocycles. The van der Waals surface area contributed by atoms with E-state index in [1.54, 1.807) is 7.05 Å². The van der Waals surface area contributed by atoms with Gasteiger partial charge < -0.3 is 10.5 Å². The number of nitrogens with two attached hydrogens (primary N) is 1. The monoisotopic (exact) mass is 264 g/mol. The van der Waals surface area contributed by atoms with E-state index in [4.69, 9.17) is 10.5 Å². The van der Waals surface area contributed by atoms with E-state index in [9.17, 15) is 4.79 Å². The predicted octanol–water partition coefficient (Wildman–Crippen LogP) is 2.95. The van der Waals surface area contributed by atoms with Crippen LogP contribution in [0.4, 0.5) is 10.5 Å². The minimum atomic E-state index is -0.486. The molecule has 0 saturated carbocycles. The highest BCUT2D eigenvalue weighted by Gasteiger charge is 2.20. The van der Waals surface area contributed by atoms with Crippen molar-refractivity contribution in [1.82, 2.24) is 0 Å². The number of carbonyl (C=O) groups is 1. The molecule has 1 amide bonds. The molecule has 0 fully saturated rings. The van der Waals surface area contributed by atoms with E-state index in [0.29, 0.717) is 0 Å². The summed E-state index contributed by atoms with van der Waals surface area (Å²) < 4.78 is 5.32.